The van der Waals surface area contributed by atoms with Gasteiger partial charge in [-0.1, -0.05) is 33.1 Å². The van der Waals surface area contributed by atoms with Gasteiger partial charge in [-0.3, -0.25) is 9.89 Å². The smallest absolute Gasteiger partial charge is 0.290 e. The number of aromatic amines is 1. The van der Waals surface area contributed by atoms with Gasteiger partial charge in [-0.15, -0.1) is 5.10 Å². The number of nitrogens with one attached hydrogen (secondary N) is 2. The second-order valence-corrected chi connectivity index (χ2v) is 5.45. The summed E-state index contributed by atoms with van der Waals surface area (Å²) in [6, 6.07) is 0. The molecule has 1 unspecified atom stereocenters. The fourth-order valence-corrected chi connectivity index (χ4v) is 2.17. The Morgan fingerprint density at radius 1 is 1.47 bits per heavy atom. The maximum Gasteiger partial charge on any atom is 0.290 e. The number of H-pyrrole nitrogens is 1. The molecule has 1 aliphatic carbocycles. The van der Waals surface area contributed by atoms with Crippen LogP contribution >= 0.6 is 0 Å². The molecule has 1 heterocycles. The normalized spacial score (nSPS) is 16.3. The SMILES string of the molecule is CCCCC(CC)CNC(=O)c1n[nH]c(C2CC2)n1. The second kappa shape index (κ2) is 6.68. The van der Waals surface area contributed by atoms with Crippen molar-refractivity contribution in [1.82, 2.24) is 20.5 Å². The molecule has 1 atom stereocenters. The molecule has 1 saturated carbocycles. The average molecular weight is 264 g/mol. The molecule has 106 valence electrons. The minimum Gasteiger partial charge on any atom is -0.349 e. The van der Waals surface area contributed by atoms with Gasteiger partial charge in [0.05, 0.1) is 0 Å². The predicted octanol–water partition coefficient (Wildman–Crippen LogP) is 2.63. The van der Waals surface area contributed by atoms with E-state index in [-0.39, 0.29) is 11.7 Å². The summed E-state index contributed by atoms with van der Waals surface area (Å²) in [4.78, 5) is 16.2. The Hall–Kier alpha value is -1.39. The van der Waals surface area contributed by atoms with Gasteiger partial charge in [0, 0.05) is 12.5 Å². The van der Waals surface area contributed by atoms with E-state index in [2.05, 4.69) is 34.3 Å². The number of rotatable bonds is 8. The third kappa shape index (κ3) is 4.04. The molecule has 0 aromatic carbocycles. The molecule has 2 N–H and O–H groups in total. The molecule has 0 radical (unpaired) electrons. The van der Waals surface area contributed by atoms with Gasteiger partial charge in [0.1, 0.15) is 5.82 Å². The van der Waals surface area contributed by atoms with Crippen molar-refractivity contribution >= 4 is 5.91 Å². The Bertz CT molecular complexity index is 411. The summed E-state index contributed by atoms with van der Waals surface area (Å²) in [5, 5.41) is 9.81. The number of hydrogen-bond donors (Lipinski definition) is 2. The standard InChI is InChI=1S/C14H24N4O/c1-3-5-6-10(4-2)9-15-14(19)13-16-12(17-18-13)11-7-8-11/h10-11H,3-9H2,1-2H3,(H,15,19)(H,16,17,18). The van der Waals surface area contributed by atoms with Crippen molar-refractivity contribution in [2.75, 3.05) is 6.54 Å². The minimum atomic E-state index is -0.155. The molecule has 0 spiro atoms. The van der Waals surface area contributed by atoms with Crippen LogP contribution in [0.3, 0.4) is 0 Å². The van der Waals surface area contributed by atoms with Gasteiger partial charge in [0.15, 0.2) is 0 Å². The summed E-state index contributed by atoms with van der Waals surface area (Å²) in [7, 11) is 0. The summed E-state index contributed by atoms with van der Waals surface area (Å²) in [5.41, 5.74) is 0. The Labute approximate surface area is 114 Å². The second-order valence-electron chi connectivity index (χ2n) is 5.45. The third-order valence-electron chi connectivity index (χ3n) is 3.76. The molecular weight excluding hydrogens is 240 g/mol. The highest BCUT2D eigenvalue weighted by Gasteiger charge is 2.28. The molecule has 19 heavy (non-hydrogen) atoms. The zero-order valence-electron chi connectivity index (χ0n) is 11.9. The highest BCUT2D eigenvalue weighted by Crippen LogP contribution is 2.37. The van der Waals surface area contributed by atoms with Gasteiger partial charge in [0.2, 0.25) is 5.82 Å². The zero-order valence-corrected chi connectivity index (χ0v) is 11.9. The molecule has 1 aromatic heterocycles. The highest BCUT2D eigenvalue weighted by atomic mass is 16.2. The van der Waals surface area contributed by atoms with Crippen LogP contribution in [0.25, 0.3) is 0 Å². The Morgan fingerprint density at radius 2 is 2.26 bits per heavy atom. The maximum atomic E-state index is 11.9. The van der Waals surface area contributed by atoms with Crippen molar-refractivity contribution in [3.8, 4) is 0 Å². The van der Waals surface area contributed by atoms with Crippen LogP contribution in [0.1, 0.15) is 74.7 Å². The Kier molecular flexibility index (Phi) is 4.93. The number of carbonyl (C=O) groups excluding carboxylic acids is 1. The number of hydrogen-bond acceptors (Lipinski definition) is 3. The van der Waals surface area contributed by atoms with E-state index in [1.165, 1.54) is 19.3 Å². The first-order valence-corrected chi connectivity index (χ1v) is 7.45. The minimum absolute atomic E-state index is 0.155. The van der Waals surface area contributed by atoms with Crippen molar-refractivity contribution < 1.29 is 4.79 Å². The maximum absolute atomic E-state index is 11.9. The van der Waals surface area contributed by atoms with Crippen molar-refractivity contribution in [3.05, 3.63) is 11.6 Å². The molecular formula is C14H24N4O. The van der Waals surface area contributed by atoms with E-state index < -0.39 is 0 Å². The summed E-state index contributed by atoms with van der Waals surface area (Å²) >= 11 is 0. The first-order valence-electron chi connectivity index (χ1n) is 7.45. The lowest BCUT2D eigenvalue weighted by molar-refractivity contribution is 0.0935. The topological polar surface area (TPSA) is 70.7 Å². The van der Waals surface area contributed by atoms with Crippen molar-refractivity contribution in [2.24, 2.45) is 5.92 Å². The number of carbonyl (C=O) groups is 1. The molecule has 1 amide bonds. The molecule has 0 aliphatic heterocycles. The number of aromatic nitrogens is 3. The number of unbranched alkanes of at least 4 members (excludes halogenated alkanes) is 1. The highest BCUT2D eigenvalue weighted by molar-refractivity contribution is 5.90. The first-order chi connectivity index (χ1) is 9.24. The first kappa shape index (κ1) is 14.0. The lowest BCUT2D eigenvalue weighted by atomic mass is 9.99. The van der Waals surface area contributed by atoms with E-state index in [1.807, 2.05) is 0 Å². The Balaban J connectivity index is 1.78. The quantitative estimate of drug-likeness (QED) is 0.758. The lowest BCUT2D eigenvalue weighted by Crippen LogP contribution is -2.30. The van der Waals surface area contributed by atoms with E-state index in [0.717, 1.165) is 31.6 Å². The Morgan fingerprint density at radius 3 is 2.89 bits per heavy atom. The molecule has 5 heteroatoms. The predicted molar refractivity (Wildman–Crippen MR) is 74.0 cm³/mol. The van der Waals surface area contributed by atoms with Crippen LogP contribution in [0.5, 0.6) is 0 Å². The third-order valence-corrected chi connectivity index (χ3v) is 3.76. The van der Waals surface area contributed by atoms with E-state index in [9.17, 15) is 4.79 Å². The molecule has 1 fully saturated rings. The van der Waals surface area contributed by atoms with Crippen LogP contribution in [0.4, 0.5) is 0 Å². The summed E-state index contributed by atoms with van der Waals surface area (Å²) in [6.45, 7) is 5.09. The molecule has 0 saturated heterocycles. The van der Waals surface area contributed by atoms with E-state index in [1.54, 1.807) is 0 Å². The molecule has 1 aromatic rings. The van der Waals surface area contributed by atoms with Gasteiger partial charge < -0.3 is 5.32 Å². The zero-order chi connectivity index (χ0) is 13.7. The van der Waals surface area contributed by atoms with Crippen LogP contribution in [0, 0.1) is 5.92 Å². The van der Waals surface area contributed by atoms with E-state index >= 15 is 0 Å². The van der Waals surface area contributed by atoms with Crippen molar-refractivity contribution in [1.29, 1.82) is 0 Å². The van der Waals surface area contributed by atoms with Crippen LogP contribution in [0.2, 0.25) is 0 Å². The van der Waals surface area contributed by atoms with Crippen LogP contribution in [-0.2, 0) is 0 Å². The molecule has 1 aliphatic rings. The van der Waals surface area contributed by atoms with Gasteiger partial charge >= 0.3 is 0 Å². The largest absolute Gasteiger partial charge is 0.349 e. The number of amides is 1. The van der Waals surface area contributed by atoms with Crippen molar-refractivity contribution in [2.45, 2.75) is 58.3 Å². The van der Waals surface area contributed by atoms with E-state index in [4.69, 9.17) is 0 Å². The van der Waals surface area contributed by atoms with Gasteiger partial charge in [-0.2, -0.15) is 0 Å². The van der Waals surface area contributed by atoms with Gasteiger partial charge in [-0.05, 0) is 25.2 Å². The summed E-state index contributed by atoms with van der Waals surface area (Å²) in [5.74, 6) is 2.06. The lowest BCUT2D eigenvalue weighted by Gasteiger charge is -2.14. The summed E-state index contributed by atoms with van der Waals surface area (Å²) < 4.78 is 0. The fourth-order valence-electron chi connectivity index (χ4n) is 2.17. The average Bonchev–Trinajstić information content (AvgIpc) is 3.16. The monoisotopic (exact) mass is 264 g/mol. The van der Waals surface area contributed by atoms with Gasteiger partial charge in [-0.25, -0.2) is 4.98 Å². The fraction of sp³-hybridized carbons (Fsp3) is 0.786. The number of nitrogens with zero attached hydrogens (tertiary/aromatic N) is 2. The molecule has 5 nitrogen and oxygen atoms in total. The molecule has 0 bridgehead atoms. The van der Waals surface area contributed by atoms with E-state index in [0.29, 0.717) is 11.8 Å². The van der Waals surface area contributed by atoms with Crippen molar-refractivity contribution in [3.63, 3.8) is 0 Å². The van der Waals surface area contributed by atoms with Crippen LogP contribution < -0.4 is 5.32 Å². The molecule has 2 rings (SSSR count). The van der Waals surface area contributed by atoms with Crippen LogP contribution in [0.15, 0.2) is 0 Å². The van der Waals surface area contributed by atoms with Crippen LogP contribution in [-0.4, -0.2) is 27.6 Å². The van der Waals surface area contributed by atoms with Gasteiger partial charge in [0.25, 0.3) is 5.91 Å². The summed E-state index contributed by atoms with van der Waals surface area (Å²) in [6.07, 6.45) is 7.02.